The fourth-order valence-electron chi connectivity index (χ4n) is 3.07. The average molecular weight is 500 g/mol. The van der Waals surface area contributed by atoms with Crippen molar-refractivity contribution in [2.45, 2.75) is 53.5 Å². The summed E-state index contributed by atoms with van der Waals surface area (Å²) in [5, 5.41) is 2.76. The van der Waals surface area contributed by atoms with Gasteiger partial charge in [0.1, 0.15) is 12.4 Å². The zero-order valence-corrected chi connectivity index (χ0v) is 22.1. The van der Waals surface area contributed by atoms with E-state index in [0.29, 0.717) is 52.9 Å². The number of hydrogen-bond donors (Lipinski definition) is 1. The SMILES string of the molecule is C#CCOCCOCCOCCOCCOCCC(=O)C[C@H](C(=O)N[C@@H](C)C(=O)C(C)C)C(C)C. The largest absolute Gasteiger partial charge is 0.379 e. The Morgan fingerprint density at radius 2 is 1.20 bits per heavy atom. The number of amides is 1. The molecular formula is C26H45NO8. The molecule has 0 radical (unpaired) electrons. The second kappa shape index (κ2) is 21.5. The monoisotopic (exact) mass is 499 g/mol. The molecule has 2 atom stereocenters. The number of ketones is 2. The Labute approximate surface area is 210 Å². The first-order chi connectivity index (χ1) is 16.7. The lowest BCUT2D eigenvalue weighted by molar-refractivity contribution is -0.134. The zero-order chi connectivity index (χ0) is 26.5. The molecule has 0 fully saturated rings. The first-order valence-electron chi connectivity index (χ1n) is 12.4. The van der Waals surface area contributed by atoms with Crippen molar-refractivity contribution in [3.8, 4) is 12.3 Å². The summed E-state index contributed by atoms with van der Waals surface area (Å²) >= 11 is 0. The fourth-order valence-corrected chi connectivity index (χ4v) is 3.07. The number of hydrogen-bond acceptors (Lipinski definition) is 8. The van der Waals surface area contributed by atoms with E-state index in [1.807, 2.05) is 13.8 Å². The summed E-state index contributed by atoms with van der Waals surface area (Å²) in [7, 11) is 0. The molecule has 0 saturated heterocycles. The third-order valence-electron chi connectivity index (χ3n) is 5.14. The Kier molecular flexibility index (Phi) is 20.3. The summed E-state index contributed by atoms with van der Waals surface area (Å²) in [6.07, 6.45) is 5.42. The molecule has 1 amide bonds. The summed E-state index contributed by atoms with van der Waals surface area (Å²) in [4.78, 5) is 37.0. The number of Topliss-reactive ketones (excluding diaryl/α,β-unsaturated/α-hetero) is 2. The molecule has 0 rings (SSSR count). The van der Waals surface area contributed by atoms with Crippen LogP contribution in [0.15, 0.2) is 0 Å². The van der Waals surface area contributed by atoms with Gasteiger partial charge in [0, 0.05) is 24.7 Å². The minimum atomic E-state index is -0.564. The van der Waals surface area contributed by atoms with Crippen LogP contribution in [-0.2, 0) is 38.1 Å². The van der Waals surface area contributed by atoms with Gasteiger partial charge < -0.3 is 29.0 Å². The van der Waals surface area contributed by atoms with Gasteiger partial charge in [-0.3, -0.25) is 14.4 Å². The summed E-state index contributed by atoms with van der Waals surface area (Å²) in [5.74, 6) is 1.41. The van der Waals surface area contributed by atoms with Crippen molar-refractivity contribution >= 4 is 17.5 Å². The maximum absolute atomic E-state index is 12.6. The van der Waals surface area contributed by atoms with Gasteiger partial charge in [0.15, 0.2) is 5.78 Å². The summed E-state index contributed by atoms with van der Waals surface area (Å²) < 4.78 is 26.6. The normalized spacial score (nSPS) is 13.0. The van der Waals surface area contributed by atoms with Gasteiger partial charge >= 0.3 is 0 Å². The number of ether oxygens (including phenoxy) is 5. The van der Waals surface area contributed by atoms with Crippen LogP contribution >= 0.6 is 0 Å². The van der Waals surface area contributed by atoms with Crippen molar-refractivity contribution in [2.75, 3.05) is 66.1 Å². The molecule has 0 aromatic heterocycles. The van der Waals surface area contributed by atoms with Gasteiger partial charge in [0.2, 0.25) is 5.91 Å². The Morgan fingerprint density at radius 1 is 0.743 bits per heavy atom. The lowest BCUT2D eigenvalue weighted by Gasteiger charge is -2.23. The molecule has 9 heteroatoms. The Balaban J connectivity index is 3.80. The summed E-state index contributed by atoms with van der Waals surface area (Å²) in [6, 6.07) is -0.564. The molecule has 202 valence electrons. The lowest BCUT2D eigenvalue weighted by Crippen LogP contribution is -2.44. The van der Waals surface area contributed by atoms with Crippen molar-refractivity contribution < 1.29 is 38.1 Å². The van der Waals surface area contributed by atoms with Crippen LogP contribution < -0.4 is 5.32 Å². The minimum Gasteiger partial charge on any atom is -0.379 e. The number of nitrogens with one attached hydrogen (secondary N) is 1. The van der Waals surface area contributed by atoms with Crippen molar-refractivity contribution in [1.82, 2.24) is 5.32 Å². The van der Waals surface area contributed by atoms with E-state index in [1.165, 1.54) is 0 Å². The second-order valence-corrected chi connectivity index (χ2v) is 8.84. The summed E-state index contributed by atoms with van der Waals surface area (Å²) in [6.45, 7) is 13.2. The fraction of sp³-hybridized carbons (Fsp3) is 0.808. The molecule has 0 aromatic carbocycles. The maximum atomic E-state index is 12.6. The Hall–Kier alpha value is -1.83. The number of carbonyl (C=O) groups is 3. The van der Waals surface area contributed by atoms with Crippen LogP contribution in [0.1, 0.15) is 47.5 Å². The first-order valence-corrected chi connectivity index (χ1v) is 12.4. The molecular weight excluding hydrogens is 454 g/mol. The highest BCUT2D eigenvalue weighted by Gasteiger charge is 2.28. The second-order valence-electron chi connectivity index (χ2n) is 8.84. The van der Waals surface area contributed by atoms with Gasteiger partial charge in [0.05, 0.1) is 65.5 Å². The van der Waals surface area contributed by atoms with Gasteiger partial charge in [-0.2, -0.15) is 0 Å². The van der Waals surface area contributed by atoms with Gasteiger partial charge in [-0.25, -0.2) is 0 Å². The van der Waals surface area contributed by atoms with Gasteiger partial charge in [0.25, 0.3) is 0 Å². The van der Waals surface area contributed by atoms with Crippen LogP contribution in [-0.4, -0.2) is 89.6 Å². The van der Waals surface area contributed by atoms with Gasteiger partial charge in [-0.05, 0) is 12.8 Å². The predicted octanol–water partition coefficient (Wildman–Crippen LogP) is 2.05. The third kappa shape index (κ3) is 18.1. The van der Waals surface area contributed by atoms with E-state index in [4.69, 9.17) is 30.1 Å². The lowest BCUT2D eigenvalue weighted by atomic mass is 9.88. The highest BCUT2D eigenvalue weighted by Crippen LogP contribution is 2.17. The van der Waals surface area contributed by atoms with Crippen LogP contribution in [0.3, 0.4) is 0 Å². The smallest absolute Gasteiger partial charge is 0.224 e. The third-order valence-corrected chi connectivity index (χ3v) is 5.14. The van der Waals surface area contributed by atoms with E-state index in [1.54, 1.807) is 20.8 Å². The number of rotatable bonds is 23. The zero-order valence-electron chi connectivity index (χ0n) is 22.1. The summed E-state index contributed by atoms with van der Waals surface area (Å²) in [5.41, 5.74) is 0. The first kappa shape index (κ1) is 33.2. The van der Waals surface area contributed by atoms with E-state index in [0.717, 1.165) is 0 Å². The minimum absolute atomic E-state index is 0.0173. The molecule has 0 heterocycles. The predicted molar refractivity (Wildman–Crippen MR) is 133 cm³/mol. The van der Waals surface area contributed by atoms with E-state index in [2.05, 4.69) is 11.2 Å². The molecule has 1 N–H and O–H groups in total. The van der Waals surface area contributed by atoms with Crippen LogP contribution in [0.4, 0.5) is 0 Å². The molecule has 0 spiro atoms. The quantitative estimate of drug-likeness (QED) is 0.168. The molecule has 0 aliphatic heterocycles. The highest BCUT2D eigenvalue weighted by molar-refractivity contribution is 5.92. The van der Waals surface area contributed by atoms with Gasteiger partial charge in [-0.15, -0.1) is 6.42 Å². The van der Waals surface area contributed by atoms with Crippen molar-refractivity contribution in [3.63, 3.8) is 0 Å². The Morgan fingerprint density at radius 3 is 1.63 bits per heavy atom. The standard InChI is InChI=1S/C26H45NO8/c1-7-9-31-11-13-33-15-17-35-18-16-34-14-12-32-10-8-23(28)19-24(20(2)3)26(30)27-22(6)25(29)21(4)5/h1,20-22,24H,8-19H2,2-6H3,(H,27,30)/t22-,24-/m0/s1. The number of carbonyl (C=O) groups excluding carboxylic acids is 3. The molecule has 0 aromatic rings. The molecule has 0 saturated carbocycles. The molecule has 0 aliphatic rings. The van der Waals surface area contributed by atoms with Crippen molar-refractivity contribution in [2.24, 2.45) is 17.8 Å². The highest BCUT2D eigenvalue weighted by atomic mass is 16.6. The van der Waals surface area contributed by atoms with Crippen LogP contribution in [0.5, 0.6) is 0 Å². The molecule has 0 aliphatic carbocycles. The molecule has 0 bridgehead atoms. The number of terminal acetylenes is 1. The van der Waals surface area contributed by atoms with E-state index in [9.17, 15) is 14.4 Å². The van der Waals surface area contributed by atoms with Crippen LogP contribution in [0, 0.1) is 30.1 Å². The topological polar surface area (TPSA) is 109 Å². The molecule has 0 unspecified atom stereocenters. The molecule has 35 heavy (non-hydrogen) atoms. The average Bonchev–Trinajstić information content (AvgIpc) is 2.81. The molecule has 9 nitrogen and oxygen atoms in total. The van der Waals surface area contributed by atoms with Crippen LogP contribution in [0.25, 0.3) is 0 Å². The van der Waals surface area contributed by atoms with Crippen molar-refractivity contribution in [3.05, 3.63) is 0 Å². The van der Waals surface area contributed by atoms with E-state index >= 15 is 0 Å². The van der Waals surface area contributed by atoms with Crippen molar-refractivity contribution in [1.29, 1.82) is 0 Å². The van der Waals surface area contributed by atoms with Gasteiger partial charge in [-0.1, -0.05) is 33.6 Å². The van der Waals surface area contributed by atoms with Crippen LogP contribution in [0.2, 0.25) is 0 Å². The Bertz CT molecular complexity index is 629. The van der Waals surface area contributed by atoms with E-state index < -0.39 is 12.0 Å². The maximum Gasteiger partial charge on any atom is 0.224 e. The van der Waals surface area contributed by atoms with E-state index in [-0.39, 0.29) is 55.4 Å².